The highest BCUT2D eigenvalue weighted by Crippen LogP contribution is 2.23. The Balaban J connectivity index is 2.27. The number of nitrogens with one attached hydrogen (secondary N) is 1. The Morgan fingerprint density at radius 2 is 1.81 bits per heavy atom. The summed E-state index contributed by atoms with van der Waals surface area (Å²) in [7, 11) is -3.85. The van der Waals surface area contributed by atoms with Crippen LogP contribution in [0, 0.1) is 11.3 Å². The maximum absolute atomic E-state index is 12.6. The summed E-state index contributed by atoms with van der Waals surface area (Å²) in [6, 6.07) is 15.2. The number of hydrogen-bond acceptors (Lipinski definition) is 5. The molecule has 0 aliphatic rings. The zero-order valence-corrected chi connectivity index (χ0v) is 15.5. The van der Waals surface area contributed by atoms with Crippen LogP contribution in [0.3, 0.4) is 0 Å². The standard InChI is InChI=1S/C18H17ClN2O4S/c1-13(12-20)25-18(22)11-17(14-7-9-15(19)10-8-14)21-26(23,24)16-5-3-2-4-6-16/h2-10,13,17,21H,11H2,1H3/t13-,17+/m1/s1. The minimum Gasteiger partial charge on any atom is -0.447 e. The highest BCUT2D eigenvalue weighted by atomic mass is 35.5. The molecule has 0 unspecified atom stereocenters. The molecule has 0 aromatic heterocycles. The van der Waals surface area contributed by atoms with E-state index in [0.717, 1.165) is 0 Å². The van der Waals surface area contributed by atoms with E-state index in [1.54, 1.807) is 48.5 Å². The van der Waals surface area contributed by atoms with Crippen molar-refractivity contribution in [3.05, 3.63) is 65.2 Å². The van der Waals surface area contributed by atoms with Gasteiger partial charge in [-0.1, -0.05) is 41.9 Å². The smallest absolute Gasteiger partial charge is 0.309 e. The fraction of sp³-hybridized carbons (Fsp3) is 0.222. The molecule has 0 aliphatic carbocycles. The maximum Gasteiger partial charge on any atom is 0.309 e. The number of rotatable bonds is 7. The fourth-order valence-corrected chi connectivity index (χ4v) is 3.59. The van der Waals surface area contributed by atoms with Crippen LogP contribution in [0.5, 0.6) is 0 Å². The summed E-state index contributed by atoms with van der Waals surface area (Å²) in [5, 5.41) is 9.23. The van der Waals surface area contributed by atoms with E-state index in [2.05, 4.69) is 4.72 Å². The minimum absolute atomic E-state index is 0.0812. The van der Waals surface area contributed by atoms with Gasteiger partial charge in [0.1, 0.15) is 6.07 Å². The molecule has 0 aliphatic heterocycles. The topological polar surface area (TPSA) is 96.3 Å². The third kappa shape index (κ3) is 5.56. The van der Waals surface area contributed by atoms with E-state index in [1.807, 2.05) is 0 Å². The van der Waals surface area contributed by atoms with Crippen LogP contribution in [-0.2, 0) is 19.6 Å². The Morgan fingerprint density at radius 3 is 2.38 bits per heavy atom. The van der Waals surface area contributed by atoms with E-state index in [1.165, 1.54) is 19.1 Å². The van der Waals surface area contributed by atoms with Crippen molar-refractivity contribution in [2.75, 3.05) is 0 Å². The summed E-state index contributed by atoms with van der Waals surface area (Å²) in [6.07, 6.45) is -1.18. The van der Waals surface area contributed by atoms with Gasteiger partial charge in [-0.2, -0.15) is 5.26 Å². The molecule has 2 atom stereocenters. The predicted octanol–water partition coefficient (Wildman–Crippen LogP) is 3.20. The number of carbonyl (C=O) groups is 1. The van der Waals surface area contributed by atoms with Gasteiger partial charge in [0.05, 0.1) is 17.4 Å². The van der Waals surface area contributed by atoms with E-state index in [9.17, 15) is 13.2 Å². The van der Waals surface area contributed by atoms with E-state index in [0.29, 0.717) is 10.6 Å². The van der Waals surface area contributed by atoms with Crippen molar-refractivity contribution in [1.82, 2.24) is 4.72 Å². The number of esters is 1. The lowest BCUT2D eigenvalue weighted by molar-refractivity contribution is -0.146. The Hall–Kier alpha value is -2.40. The van der Waals surface area contributed by atoms with Crippen LogP contribution < -0.4 is 4.72 Å². The van der Waals surface area contributed by atoms with Crippen LogP contribution in [0.15, 0.2) is 59.5 Å². The molecular weight excluding hydrogens is 376 g/mol. The summed E-state index contributed by atoms with van der Waals surface area (Å²) in [5.74, 6) is -0.685. The number of halogens is 1. The average molecular weight is 393 g/mol. The van der Waals surface area contributed by atoms with Gasteiger partial charge in [-0.15, -0.1) is 0 Å². The molecule has 0 fully saturated rings. The lowest BCUT2D eigenvalue weighted by Crippen LogP contribution is -2.31. The molecule has 136 valence electrons. The molecule has 0 spiro atoms. The van der Waals surface area contributed by atoms with Gasteiger partial charge in [-0.3, -0.25) is 4.79 Å². The normalized spacial score (nSPS) is 13.4. The fourth-order valence-electron chi connectivity index (χ4n) is 2.22. The highest BCUT2D eigenvalue weighted by Gasteiger charge is 2.25. The molecule has 2 rings (SSSR count). The number of nitriles is 1. The van der Waals surface area contributed by atoms with Crippen LogP contribution >= 0.6 is 11.6 Å². The van der Waals surface area contributed by atoms with Crippen molar-refractivity contribution in [2.24, 2.45) is 0 Å². The Labute approximate surface area is 157 Å². The van der Waals surface area contributed by atoms with Gasteiger partial charge in [0.25, 0.3) is 0 Å². The highest BCUT2D eigenvalue weighted by molar-refractivity contribution is 7.89. The van der Waals surface area contributed by atoms with Gasteiger partial charge in [-0.05, 0) is 36.8 Å². The van der Waals surface area contributed by atoms with Gasteiger partial charge < -0.3 is 4.74 Å². The van der Waals surface area contributed by atoms with Gasteiger partial charge in [-0.25, -0.2) is 13.1 Å². The van der Waals surface area contributed by atoms with E-state index in [-0.39, 0.29) is 11.3 Å². The zero-order valence-electron chi connectivity index (χ0n) is 13.9. The summed E-state index contributed by atoms with van der Waals surface area (Å²) in [4.78, 5) is 12.1. The van der Waals surface area contributed by atoms with Crippen LogP contribution in [0.2, 0.25) is 5.02 Å². The summed E-state index contributed by atoms with van der Waals surface area (Å²) in [5.41, 5.74) is 0.551. The van der Waals surface area contributed by atoms with Crippen LogP contribution in [0.4, 0.5) is 0 Å². The molecule has 1 N–H and O–H groups in total. The predicted molar refractivity (Wildman–Crippen MR) is 96.7 cm³/mol. The molecule has 2 aromatic rings. The van der Waals surface area contributed by atoms with Crippen molar-refractivity contribution < 1.29 is 17.9 Å². The van der Waals surface area contributed by atoms with E-state index < -0.39 is 28.1 Å². The summed E-state index contributed by atoms with van der Waals surface area (Å²) >= 11 is 5.87. The Morgan fingerprint density at radius 1 is 1.19 bits per heavy atom. The van der Waals surface area contributed by atoms with Crippen molar-refractivity contribution in [3.63, 3.8) is 0 Å². The second-order valence-electron chi connectivity index (χ2n) is 5.50. The van der Waals surface area contributed by atoms with Gasteiger partial charge in [0.15, 0.2) is 6.10 Å². The number of sulfonamides is 1. The van der Waals surface area contributed by atoms with Crippen molar-refractivity contribution >= 4 is 27.6 Å². The first-order valence-corrected chi connectivity index (χ1v) is 9.60. The van der Waals surface area contributed by atoms with Crippen molar-refractivity contribution in [1.29, 1.82) is 5.26 Å². The molecule has 0 saturated heterocycles. The van der Waals surface area contributed by atoms with Gasteiger partial charge in [0.2, 0.25) is 10.0 Å². The Kier molecular flexibility index (Phi) is 6.75. The number of hydrogen-bond donors (Lipinski definition) is 1. The molecule has 0 bridgehead atoms. The molecule has 0 heterocycles. The van der Waals surface area contributed by atoms with Crippen LogP contribution in [0.1, 0.15) is 24.9 Å². The lowest BCUT2D eigenvalue weighted by atomic mass is 10.1. The molecule has 2 aromatic carbocycles. The minimum atomic E-state index is -3.85. The number of ether oxygens (including phenoxy) is 1. The van der Waals surface area contributed by atoms with Gasteiger partial charge in [0, 0.05) is 5.02 Å². The SMILES string of the molecule is C[C@H](C#N)OC(=O)C[C@H](NS(=O)(=O)c1ccccc1)c1ccc(Cl)cc1. The lowest BCUT2D eigenvalue weighted by Gasteiger charge is -2.19. The monoisotopic (exact) mass is 392 g/mol. The van der Waals surface area contributed by atoms with Gasteiger partial charge >= 0.3 is 5.97 Å². The quantitative estimate of drug-likeness (QED) is 0.730. The molecule has 0 saturated carbocycles. The molecule has 0 radical (unpaired) electrons. The molecule has 6 nitrogen and oxygen atoms in total. The van der Waals surface area contributed by atoms with Crippen LogP contribution in [0.25, 0.3) is 0 Å². The van der Waals surface area contributed by atoms with E-state index in [4.69, 9.17) is 21.6 Å². The van der Waals surface area contributed by atoms with Crippen LogP contribution in [-0.4, -0.2) is 20.5 Å². The number of nitrogens with zero attached hydrogens (tertiary/aromatic N) is 1. The molecule has 8 heteroatoms. The van der Waals surface area contributed by atoms with Crippen molar-refractivity contribution in [2.45, 2.75) is 30.4 Å². The first kappa shape index (κ1) is 19.9. The first-order chi connectivity index (χ1) is 12.3. The molecule has 26 heavy (non-hydrogen) atoms. The average Bonchev–Trinajstić information content (AvgIpc) is 2.62. The third-order valence-corrected chi connectivity index (χ3v) is 5.22. The number of carbonyl (C=O) groups excluding carboxylic acids is 1. The second-order valence-corrected chi connectivity index (χ2v) is 7.65. The molecule has 0 amide bonds. The largest absolute Gasteiger partial charge is 0.447 e. The molecular formula is C18H17ClN2O4S. The van der Waals surface area contributed by atoms with Crippen molar-refractivity contribution in [3.8, 4) is 6.07 Å². The zero-order chi connectivity index (χ0) is 19.2. The Bertz CT molecular complexity index is 893. The third-order valence-electron chi connectivity index (χ3n) is 3.48. The summed E-state index contributed by atoms with van der Waals surface area (Å²) in [6.45, 7) is 1.43. The number of benzene rings is 2. The first-order valence-electron chi connectivity index (χ1n) is 7.74. The maximum atomic E-state index is 12.6. The van der Waals surface area contributed by atoms with E-state index >= 15 is 0 Å². The summed E-state index contributed by atoms with van der Waals surface area (Å²) < 4.78 is 32.6. The second kappa shape index (κ2) is 8.81.